The van der Waals surface area contributed by atoms with Crippen LogP contribution in [0.3, 0.4) is 0 Å². The molecule has 2 atom stereocenters. The Morgan fingerprint density at radius 1 is 1.00 bits per heavy atom. The molecule has 0 aromatic heterocycles. The lowest BCUT2D eigenvalue weighted by atomic mass is 9.70. The highest BCUT2D eigenvalue weighted by atomic mass is 19.1. The van der Waals surface area contributed by atoms with Crippen LogP contribution in [-0.2, 0) is 16.9 Å². The first-order chi connectivity index (χ1) is 13.9. The molecular weight excluding hydrogens is 369 g/mol. The number of hydrogen-bond donors (Lipinski definition) is 1. The van der Waals surface area contributed by atoms with Crippen LogP contribution in [-0.4, -0.2) is 21.9 Å². The molecular formula is C24H20FNO3. The number of rotatable bonds is 4. The molecule has 146 valence electrons. The summed E-state index contributed by atoms with van der Waals surface area (Å²) in [4.78, 5) is 27.6. The fourth-order valence-corrected chi connectivity index (χ4v) is 4.24. The largest absolute Gasteiger partial charge is 0.481 e. The van der Waals surface area contributed by atoms with Gasteiger partial charge in [0.05, 0.1) is 5.54 Å². The van der Waals surface area contributed by atoms with E-state index >= 15 is 0 Å². The first kappa shape index (κ1) is 18.9. The van der Waals surface area contributed by atoms with Gasteiger partial charge >= 0.3 is 5.97 Å². The maximum atomic E-state index is 13.6. The van der Waals surface area contributed by atoms with E-state index in [9.17, 15) is 19.1 Å². The summed E-state index contributed by atoms with van der Waals surface area (Å²) in [5, 5.41) is 10.2. The van der Waals surface area contributed by atoms with Crippen molar-refractivity contribution in [2.24, 2.45) is 0 Å². The summed E-state index contributed by atoms with van der Waals surface area (Å²) >= 11 is 0. The van der Waals surface area contributed by atoms with Crippen LogP contribution in [0.2, 0.25) is 0 Å². The lowest BCUT2D eigenvalue weighted by Gasteiger charge is -2.49. The molecule has 4 rings (SSSR count). The molecule has 0 saturated heterocycles. The SMILES string of the molecule is CC1(c2ccc(F)cc2)C(C(=O)O)c2ccccc2C(=O)N1Cc1ccccc1. The molecule has 4 nitrogen and oxygen atoms in total. The Kier molecular flexibility index (Phi) is 4.66. The smallest absolute Gasteiger partial charge is 0.313 e. The van der Waals surface area contributed by atoms with Crippen molar-refractivity contribution >= 4 is 11.9 Å². The average molecular weight is 389 g/mol. The number of aliphatic carboxylic acids is 1. The molecule has 1 amide bonds. The summed E-state index contributed by atoms with van der Waals surface area (Å²) in [6, 6.07) is 22.0. The van der Waals surface area contributed by atoms with Gasteiger partial charge in [0.1, 0.15) is 11.7 Å². The second kappa shape index (κ2) is 7.17. The molecule has 2 unspecified atom stereocenters. The van der Waals surface area contributed by atoms with Crippen molar-refractivity contribution in [3.8, 4) is 0 Å². The zero-order valence-electron chi connectivity index (χ0n) is 15.9. The zero-order chi connectivity index (χ0) is 20.6. The second-order valence-corrected chi connectivity index (χ2v) is 7.39. The third-order valence-electron chi connectivity index (χ3n) is 5.73. The second-order valence-electron chi connectivity index (χ2n) is 7.39. The molecule has 0 saturated carbocycles. The van der Waals surface area contributed by atoms with Gasteiger partial charge in [0, 0.05) is 12.1 Å². The van der Waals surface area contributed by atoms with Crippen molar-refractivity contribution in [1.82, 2.24) is 4.90 Å². The number of halogens is 1. The fraction of sp³-hybridized carbons (Fsp3) is 0.167. The summed E-state index contributed by atoms with van der Waals surface area (Å²) in [7, 11) is 0. The Hall–Kier alpha value is -3.47. The molecule has 1 N–H and O–H groups in total. The van der Waals surface area contributed by atoms with Crippen LogP contribution in [0.15, 0.2) is 78.9 Å². The van der Waals surface area contributed by atoms with E-state index < -0.39 is 23.2 Å². The minimum absolute atomic E-state index is 0.242. The number of carbonyl (C=O) groups is 2. The van der Waals surface area contributed by atoms with Gasteiger partial charge < -0.3 is 10.0 Å². The molecule has 1 aliphatic heterocycles. The van der Waals surface area contributed by atoms with Crippen molar-refractivity contribution in [2.75, 3.05) is 0 Å². The zero-order valence-corrected chi connectivity index (χ0v) is 15.9. The quantitative estimate of drug-likeness (QED) is 0.711. The number of nitrogens with zero attached hydrogens (tertiary/aromatic N) is 1. The maximum Gasteiger partial charge on any atom is 0.313 e. The molecule has 0 bridgehead atoms. The number of carboxylic acids is 1. The van der Waals surface area contributed by atoms with Crippen LogP contribution in [0.4, 0.5) is 4.39 Å². The lowest BCUT2D eigenvalue weighted by Crippen LogP contribution is -2.56. The lowest BCUT2D eigenvalue weighted by molar-refractivity contribution is -0.143. The number of hydrogen-bond acceptors (Lipinski definition) is 2. The van der Waals surface area contributed by atoms with Gasteiger partial charge in [0.15, 0.2) is 0 Å². The minimum Gasteiger partial charge on any atom is -0.481 e. The van der Waals surface area contributed by atoms with E-state index in [1.807, 2.05) is 30.3 Å². The van der Waals surface area contributed by atoms with E-state index in [0.717, 1.165) is 5.56 Å². The fourth-order valence-electron chi connectivity index (χ4n) is 4.24. The van der Waals surface area contributed by atoms with Gasteiger partial charge in [0.25, 0.3) is 5.91 Å². The van der Waals surface area contributed by atoms with Crippen molar-refractivity contribution in [2.45, 2.75) is 24.9 Å². The van der Waals surface area contributed by atoms with Crippen molar-refractivity contribution in [3.05, 3.63) is 107 Å². The summed E-state index contributed by atoms with van der Waals surface area (Å²) in [6.07, 6.45) is 0. The number of carboxylic acid groups (broad SMARTS) is 1. The minimum atomic E-state index is -1.19. The maximum absolute atomic E-state index is 13.6. The third-order valence-corrected chi connectivity index (χ3v) is 5.73. The summed E-state index contributed by atoms with van der Waals surface area (Å²) in [5.74, 6) is -2.68. The van der Waals surface area contributed by atoms with E-state index in [1.54, 1.807) is 48.2 Å². The van der Waals surface area contributed by atoms with E-state index in [4.69, 9.17) is 0 Å². The predicted octanol–water partition coefficient (Wildman–Crippen LogP) is 4.57. The normalized spacial score (nSPS) is 21.0. The topological polar surface area (TPSA) is 57.6 Å². The van der Waals surface area contributed by atoms with Gasteiger partial charge in [-0.1, -0.05) is 60.7 Å². The number of benzene rings is 3. The van der Waals surface area contributed by atoms with Crippen LogP contribution in [0, 0.1) is 5.82 Å². The van der Waals surface area contributed by atoms with Gasteiger partial charge in [-0.05, 0) is 41.8 Å². The van der Waals surface area contributed by atoms with Gasteiger partial charge in [-0.25, -0.2) is 4.39 Å². The molecule has 0 spiro atoms. The molecule has 5 heteroatoms. The Labute approximate surface area is 168 Å². The summed E-state index contributed by atoms with van der Waals surface area (Å²) in [6.45, 7) is 1.99. The van der Waals surface area contributed by atoms with Crippen molar-refractivity contribution in [3.63, 3.8) is 0 Å². The number of fused-ring (bicyclic) bond motifs is 1. The molecule has 0 radical (unpaired) electrons. The Morgan fingerprint density at radius 2 is 1.62 bits per heavy atom. The standard InChI is InChI=1S/C24H20FNO3/c1-24(17-11-13-18(25)14-12-17)21(23(28)29)19-9-5-6-10-20(19)22(27)26(24)15-16-7-3-2-4-8-16/h2-14,21H,15H2,1H3,(H,28,29). The predicted molar refractivity (Wildman–Crippen MR) is 107 cm³/mol. The highest BCUT2D eigenvalue weighted by Crippen LogP contribution is 2.48. The van der Waals surface area contributed by atoms with E-state index in [0.29, 0.717) is 16.7 Å². The average Bonchev–Trinajstić information content (AvgIpc) is 2.72. The summed E-state index contributed by atoms with van der Waals surface area (Å²) in [5.41, 5.74) is 1.13. The van der Waals surface area contributed by atoms with Gasteiger partial charge in [0.2, 0.25) is 0 Å². The highest BCUT2D eigenvalue weighted by molar-refractivity contribution is 6.01. The number of amides is 1. The first-order valence-electron chi connectivity index (χ1n) is 9.36. The third kappa shape index (κ3) is 3.09. The van der Waals surface area contributed by atoms with Crippen LogP contribution in [0.25, 0.3) is 0 Å². The van der Waals surface area contributed by atoms with Gasteiger partial charge in [-0.3, -0.25) is 9.59 Å². The van der Waals surface area contributed by atoms with Crippen LogP contribution >= 0.6 is 0 Å². The Morgan fingerprint density at radius 3 is 2.28 bits per heavy atom. The van der Waals surface area contributed by atoms with Crippen LogP contribution in [0.1, 0.15) is 39.9 Å². The molecule has 1 heterocycles. The van der Waals surface area contributed by atoms with E-state index in [2.05, 4.69) is 0 Å². The molecule has 0 fully saturated rings. The van der Waals surface area contributed by atoms with Gasteiger partial charge in [-0.15, -0.1) is 0 Å². The van der Waals surface area contributed by atoms with Crippen molar-refractivity contribution in [1.29, 1.82) is 0 Å². The van der Waals surface area contributed by atoms with E-state index in [-0.39, 0.29) is 12.5 Å². The molecule has 3 aromatic rings. The van der Waals surface area contributed by atoms with Crippen LogP contribution in [0.5, 0.6) is 0 Å². The van der Waals surface area contributed by atoms with E-state index in [1.165, 1.54) is 12.1 Å². The Balaban J connectivity index is 1.96. The van der Waals surface area contributed by atoms with Crippen LogP contribution < -0.4 is 0 Å². The Bertz CT molecular complexity index is 1060. The first-order valence-corrected chi connectivity index (χ1v) is 9.36. The summed E-state index contributed by atoms with van der Waals surface area (Å²) < 4.78 is 13.6. The number of carbonyl (C=O) groups excluding carboxylic acids is 1. The molecule has 1 aliphatic rings. The molecule has 29 heavy (non-hydrogen) atoms. The van der Waals surface area contributed by atoms with Crippen molar-refractivity contribution < 1.29 is 19.1 Å². The highest BCUT2D eigenvalue weighted by Gasteiger charge is 2.52. The molecule has 0 aliphatic carbocycles. The monoisotopic (exact) mass is 389 g/mol. The van der Waals surface area contributed by atoms with Gasteiger partial charge in [-0.2, -0.15) is 0 Å². The molecule has 3 aromatic carbocycles.